The van der Waals surface area contributed by atoms with E-state index in [0.29, 0.717) is 0 Å². The minimum atomic E-state index is 0. The molecule has 0 spiro atoms. The van der Waals surface area contributed by atoms with E-state index in [4.69, 9.17) is 0 Å². The summed E-state index contributed by atoms with van der Waals surface area (Å²) in [6, 6.07) is 0. The Bertz CT molecular complexity index is 0. The average molecular weight is 11700 g/mol. The van der Waals surface area contributed by atoms with Crippen molar-refractivity contribution in [3.63, 3.8) is 0 Å². The largest absolute Gasteiger partial charge is 0 e. The first-order chi connectivity index (χ1) is 0. The van der Waals surface area contributed by atoms with Gasteiger partial charge in [-0.3, -0.25) is 0 Å². The van der Waals surface area contributed by atoms with Gasteiger partial charge in [0, 0.05) is 1520 Å². The molecule has 0 radical (unpaired) electrons. The van der Waals surface area contributed by atoms with E-state index in [1.165, 1.54) is 0 Å². The van der Waals surface area contributed by atoms with Crippen LogP contribution < -0.4 is 0 Å². The molecule has 0 fully saturated rings. The number of rotatable bonds is 0. The summed E-state index contributed by atoms with van der Waals surface area (Å²) < 4.78 is 0. The van der Waals surface area contributed by atoms with Crippen molar-refractivity contribution in [2.24, 2.45) is 0 Å². The van der Waals surface area contributed by atoms with Crippen LogP contribution in [-0.2, 0) is 0 Å². The van der Waals surface area contributed by atoms with Gasteiger partial charge in [0.2, 0.25) is 0 Å². The van der Waals surface area contributed by atoms with Crippen molar-refractivity contribution in [1.29, 1.82) is 0 Å². The summed E-state index contributed by atoms with van der Waals surface area (Å²) in [7, 11) is 0. The molecule has 0 atom stereocenters. The van der Waals surface area contributed by atoms with Crippen LogP contribution in [0.2, 0.25) is 0 Å². The summed E-state index contributed by atoms with van der Waals surface area (Å²) in [6.07, 6.45) is 0. The predicted molar refractivity (Wildman–Crippen MR) is 0 cm³/mol. The molecular formula is U49. The van der Waals surface area contributed by atoms with E-state index in [9.17, 15) is 0 Å². The van der Waals surface area contributed by atoms with Crippen LogP contribution >= 0.6 is 0 Å². The van der Waals surface area contributed by atoms with Crippen molar-refractivity contribution in [2.75, 3.05) is 0 Å². The van der Waals surface area contributed by atoms with Crippen LogP contribution in [0.4, 0.5) is 0 Å². The van der Waals surface area contributed by atoms with Crippen LogP contribution in [0, 0.1) is 1520 Å². The molecule has 0 heterocycles. The molecule has 0 bridgehead atoms. The van der Waals surface area contributed by atoms with Crippen molar-refractivity contribution >= 4 is 0 Å². The zero-order valence-corrected chi connectivity index (χ0v) is 229. The van der Waals surface area contributed by atoms with Crippen LogP contribution in [0.25, 0.3) is 0 Å². The van der Waals surface area contributed by atoms with Gasteiger partial charge in [-0.05, 0) is 0 Å². The van der Waals surface area contributed by atoms with E-state index < -0.39 is 0 Å². The second-order valence-corrected chi connectivity index (χ2v) is 0. The van der Waals surface area contributed by atoms with Gasteiger partial charge in [0.05, 0.1) is 0 Å². The molecule has 0 nitrogen and oxygen atoms in total. The second-order valence-electron chi connectivity index (χ2n) is 0. The molecule has 0 aliphatic heterocycles. The Morgan fingerprint density at radius 1 is 0.0204 bits per heavy atom. The Kier molecular flexibility index (Phi) is 2780. The van der Waals surface area contributed by atoms with Crippen LogP contribution in [-0.4, -0.2) is 0 Å². The average Bonchev–Trinajstić information content (AvgIpc) is 0. The molecule has 0 N–H and O–H groups in total. The zero-order chi connectivity index (χ0) is 0. The Morgan fingerprint density at radius 2 is 0.0204 bits per heavy atom. The fourth-order valence-corrected chi connectivity index (χ4v) is 0. The predicted octanol–water partition coefficient (Wildman–Crippen LogP) is 0. The molecule has 196 valence electrons. The summed E-state index contributed by atoms with van der Waals surface area (Å²) in [5.41, 5.74) is 0. The molecule has 0 saturated heterocycles. The van der Waals surface area contributed by atoms with Gasteiger partial charge in [-0.25, -0.2) is 0 Å². The minimum absolute atomic E-state index is 0. The van der Waals surface area contributed by atoms with Crippen LogP contribution in [0.3, 0.4) is 0 Å². The van der Waals surface area contributed by atoms with Crippen LogP contribution in [0.5, 0.6) is 0 Å². The molecule has 0 saturated carbocycles. The Balaban J connectivity index is 0. The third-order valence-corrected chi connectivity index (χ3v) is 0. The van der Waals surface area contributed by atoms with E-state index in [-0.39, 0.29) is 1520 Å². The first kappa shape index (κ1) is 375. The topological polar surface area (TPSA) is 0 Å². The molecule has 0 unspecified atom stereocenters. The SMILES string of the molecule is [U].[U].[U].[U].[U].[U].[U].[U].[U].[U].[U].[U].[U].[U].[U].[U].[U].[U].[U].[U].[U].[U].[U].[U].[U].[U].[U].[U].[U].[U].[U].[U].[U].[U].[U].[U].[U].[U].[U].[U].[U].[U].[U].[U].[U].[U].[U].[U].[U]. The Hall–Kier alpha value is 51.5. The molecule has 0 aliphatic carbocycles. The standard InChI is InChI=1S/49U. The van der Waals surface area contributed by atoms with Crippen molar-refractivity contribution in [1.82, 2.24) is 0 Å². The first-order valence-electron chi connectivity index (χ1n) is 0. The molecule has 0 amide bonds. The van der Waals surface area contributed by atoms with Crippen LogP contribution in [0.1, 0.15) is 0 Å². The van der Waals surface area contributed by atoms with E-state index in [1.54, 1.807) is 0 Å². The van der Waals surface area contributed by atoms with Gasteiger partial charge in [0.15, 0.2) is 0 Å². The monoisotopic (exact) mass is 11700 g/mol. The third-order valence-electron chi connectivity index (χ3n) is 0. The Morgan fingerprint density at radius 3 is 0.0204 bits per heavy atom. The smallest absolute Gasteiger partial charge is 0 e. The molecule has 0 aromatic carbocycles. The summed E-state index contributed by atoms with van der Waals surface area (Å²) in [6.45, 7) is 0. The van der Waals surface area contributed by atoms with Crippen LogP contribution in [0.15, 0.2) is 0 Å². The number of hydrogen-bond acceptors (Lipinski definition) is 0. The molecule has 0 aliphatic rings. The van der Waals surface area contributed by atoms with Gasteiger partial charge in [0.1, 0.15) is 0 Å². The van der Waals surface area contributed by atoms with Gasteiger partial charge >= 0.3 is 0 Å². The summed E-state index contributed by atoms with van der Waals surface area (Å²) in [5.74, 6) is 0. The quantitative estimate of drug-likeness (QED) is 0.321. The summed E-state index contributed by atoms with van der Waals surface area (Å²) in [5, 5.41) is 0. The molecular weight excluding hydrogens is 11700 g/mol. The summed E-state index contributed by atoms with van der Waals surface area (Å²) >= 11 is 0. The second kappa shape index (κ2) is 364. The van der Waals surface area contributed by atoms with Gasteiger partial charge < -0.3 is 0 Å². The summed E-state index contributed by atoms with van der Waals surface area (Å²) in [4.78, 5) is 0. The van der Waals surface area contributed by atoms with Crippen molar-refractivity contribution in [2.45, 2.75) is 0 Å². The van der Waals surface area contributed by atoms with E-state index in [1.807, 2.05) is 0 Å². The maximum Gasteiger partial charge on any atom is 0 e. The normalized spacial score (nSPS) is 0. The fourth-order valence-electron chi connectivity index (χ4n) is 0. The molecule has 0 aromatic heterocycles. The van der Waals surface area contributed by atoms with Crippen molar-refractivity contribution in [3.8, 4) is 0 Å². The van der Waals surface area contributed by atoms with E-state index in [0.717, 1.165) is 0 Å². The fraction of sp³-hybridized carbons (Fsp3) is 0. The molecule has 49 heteroatoms. The molecule has 0 rings (SSSR count). The maximum absolute atomic E-state index is 0. The van der Waals surface area contributed by atoms with Gasteiger partial charge in [-0.1, -0.05) is 0 Å². The van der Waals surface area contributed by atoms with E-state index in [2.05, 4.69) is 0 Å². The van der Waals surface area contributed by atoms with E-state index >= 15 is 0 Å². The Labute approximate surface area is 1470 Å². The van der Waals surface area contributed by atoms with Gasteiger partial charge in [-0.2, -0.15) is 0 Å². The zero-order valence-electron chi connectivity index (χ0n) is 24.5. The first-order valence-corrected chi connectivity index (χ1v) is 0. The van der Waals surface area contributed by atoms with Crippen molar-refractivity contribution < 1.29 is 1520 Å². The third kappa shape index (κ3) is 356. The molecule has 0 aromatic rings. The van der Waals surface area contributed by atoms with Crippen molar-refractivity contribution in [3.05, 3.63) is 0 Å². The maximum atomic E-state index is 0. The minimum Gasteiger partial charge on any atom is 0 e. The van der Waals surface area contributed by atoms with Gasteiger partial charge in [-0.15, -0.1) is 0 Å². The van der Waals surface area contributed by atoms with Gasteiger partial charge in [0.25, 0.3) is 0 Å². The molecule has 49 heavy (non-hydrogen) atoms. The number of hydrogen-bond donors (Lipinski definition) is 0.